The van der Waals surface area contributed by atoms with Gasteiger partial charge in [-0.25, -0.2) is 0 Å². The van der Waals surface area contributed by atoms with Crippen LogP contribution in [0.5, 0.6) is 0 Å². The van der Waals surface area contributed by atoms with Crippen molar-refractivity contribution < 1.29 is 0 Å². The van der Waals surface area contributed by atoms with Crippen LogP contribution < -0.4 is 10.2 Å². The van der Waals surface area contributed by atoms with Gasteiger partial charge in [0.1, 0.15) is 0 Å². The summed E-state index contributed by atoms with van der Waals surface area (Å²) in [6, 6.07) is 7.43. The van der Waals surface area contributed by atoms with Crippen LogP contribution in [0.15, 0.2) is 18.2 Å². The van der Waals surface area contributed by atoms with Crippen LogP contribution >= 0.6 is 0 Å². The fourth-order valence-corrected chi connectivity index (χ4v) is 3.44. The zero-order valence-electron chi connectivity index (χ0n) is 11.6. The SMILES string of the molecule is CC1CCCN(c2cccc3c2CCCN3)C1C. The Bertz CT molecular complexity index is 427. The van der Waals surface area contributed by atoms with Crippen molar-refractivity contribution >= 4 is 11.4 Å². The van der Waals surface area contributed by atoms with Gasteiger partial charge in [0.05, 0.1) is 0 Å². The number of piperidine rings is 1. The first-order valence-electron chi connectivity index (χ1n) is 7.40. The smallest absolute Gasteiger partial charge is 0.0422 e. The van der Waals surface area contributed by atoms with Gasteiger partial charge in [-0.1, -0.05) is 13.0 Å². The predicted molar refractivity (Wildman–Crippen MR) is 78.5 cm³/mol. The molecule has 1 aromatic carbocycles. The maximum atomic E-state index is 3.54. The molecular formula is C16H24N2. The first kappa shape index (κ1) is 11.9. The molecule has 0 saturated carbocycles. The summed E-state index contributed by atoms with van der Waals surface area (Å²) in [7, 11) is 0. The van der Waals surface area contributed by atoms with Gasteiger partial charge in [0.25, 0.3) is 0 Å². The van der Waals surface area contributed by atoms with Crippen molar-refractivity contribution in [3.8, 4) is 0 Å². The lowest BCUT2D eigenvalue weighted by Gasteiger charge is -2.41. The molecule has 1 N–H and O–H groups in total. The third-order valence-corrected chi connectivity index (χ3v) is 4.75. The van der Waals surface area contributed by atoms with Crippen LogP contribution in [-0.2, 0) is 6.42 Å². The highest BCUT2D eigenvalue weighted by Crippen LogP contribution is 2.36. The van der Waals surface area contributed by atoms with Gasteiger partial charge in [-0.2, -0.15) is 0 Å². The van der Waals surface area contributed by atoms with Crippen LogP contribution in [0, 0.1) is 5.92 Å². The molecular weight excluding hydrogens is 220 g/mol. The maximum Gasteiger partial charge on any atom is 0.0422 e. The van der Waals surface area contributed by atoms with Crippen molar-refractivity contribution in [2.75, 3.05) is 23.3 Å². The highest BCUT2D eigenvalue weighted by atomic mass is 15.2. The van der Waals surface area contributed by atoms with E-state index in [-0.39, 0.29) is 0 Å². The Balaban J connectivity index is 1.96. The van der Waals surface area contributed by atoms with Crippen molar-refractivity contribution in [3.63, 3.8) is 0 Å². The number of anilines is 2. The number of fused-ring (bicyclic) bond motifs is 1. The monoisotopic (exact) mass is 244 g/mol. The third kappa shape index (κ3) is 1.98. The second-order valence-corrected chi connectivity index (χ2v) is 5.89. The summed E-state index contributed by atoms with van der Waals surface area (Å²) in [5, 5.41) is 3.54. The standard InChI is InChI=1S/C16H24N2/c1-12-6-5-11-18(13(12)2)16-9-3-8-15-14(16)7-4-10-17-15/h3,8-9,12-13,17H,4-7,10-11H2,1-2H3. The topological polar surface area (TPSA) is 15.3 Å². The second-order valence-electron chi connectivity index (χ2n) is 5.89. The zero-order valence-corrected chi connectivity index (χ0v) is 11.6. The summed E-state index contributed by atoms with van der Waals surface area (Å²) in [5.74, 6) is 0.811. The molecule has 2 heterocycles. The molecule has 1 fully saturated rings. The molecule has 98 valence electrons. The summed E-state index contributed by atoms with van der Waals surface area (Å²) in [6.07, 6.45) is 5.21. The molecule has 0 aromatic heterocycles. The van der Waals surface area contributed by atoms with Crippen molar-refractivity contribution in [1.29, 1.82) is 0 Å². The van der Waals surface area contributed by atoms with Crippen molar-refractivity contribution in [2.45, 2.75) is 45.6 Å². The van der Waals surface area contributed by atoms with E-state index in [1.165, 1.54) is 43.6 Å². The van der Waals surface area contributed by atoms with Crippen LogP contribution in [-0.4, -0.2) is 19.1 Å². The molecule has 0 bridgehead atoms. The minimum absolute atomic E-state index is 0.673. The van der Waals surface area contributed by atoms with E-state index in [1.807, 2.05) is 0 Å². The fourth-order valence-electron chi connectivity index (χ4n) is 3.44. The Hall–Kier alpha value is -1.18. The molecule has 0 aliphatic carbocycles. The molecule has 1 aromatic rings. The van der Waals surface area contributed by atoms with E-state index in [9.17, 15) is 0 Å². The molecule has 0 radical (unpaired) electrons. The van der Waals surface area contributed by atoms with Gasteiger partial charge in [-0.05, 0) is 56.2 Å². The first-order chi connectivity index (χ1) is 8.77. The van der Waals surface area contributed by atoms with Gasteiger partial charge in [-0.15, -0.1) is 0 Å². The lowest BCUT2D eigenvalue weighted by Crippen LogP contribution is -2.43. The van der Waals surface area contributed by atoms with Gasteiger partial charge < -0.3 is 10.2 Å². The lowest BCUT2D eigenvalue weighted by atomic mass is 9.90. The van der Waals surface area contributed by atoms with E-state index in [1.54, 1.807) is 5.56 Å². The first-order valence-corrected chi connectivity index (χ1v) is 7.40. The Kier molecular flexibility index (Phi) is 3.19. The minimum Gasteiger partial charge on any atom is -0.385 e. The molecule has 2 nitrogen and oxygen atoms in total. The average molecular weight is 244 g/mol. The van der Waals surface area contributed by atoms with Crippen molar-refractivity contribution in [1.82, 2.24) is 0 Å². The lowest BCUT2D eigenvalue weighted by molar-refractivity contribution is 0.363. The van der Waals surface area contributed by atoms with E-state index in [4.69, 9.17) is 0 Å². The minimum atomic E-state index is 0.673. The van der Waals surface area contributed by atoms with E-state index in [0.717, 1.165) is 12.5 Å². The van der Waals surface area contributed by atoms with Crippen molar-refractivity contribution in [2.24, 2.45) is 5.92 Å². The third-order valence-electron chi connectivity index (χ3n) is 4.75. The molecule has 0 amide bonds. The van der Waals surface area contributed by atoms with Crippen LogP contribution in [0.25, 0.3) is 0 Å². The van der Waals surface area contributed by atoms with Crippen LogP contribution in [0.3, 0.4) is 0 Å². The van der Waals surface area contributed by atoms with E-state index in [2.05, 4.69) is 42.3 Å². The highest BCUT2D eigenvalue weighted by molar-refractivity contribution is 5.68. The number of nitrogens with zero attached hydrogens (tertiary/aromatic N) is 1. The Morgan fingerprint density at radius 2 is 2.11 bits per heavy atom. The van der Waals surface area contributed by atoms with Gasteiger partial charge in [0, 0.05) is 30.5 Å². The molecule has 1 saturated heterocycles. The maximum absolute atomic E-state index is 3.54. The number of hydrogen-bond acceptors (Lipinski definition) is 2. The van der Waals surface area contributed by atoms with Crippen LogP contribution in [0.1, 0.15) is 38.7 Å². The van der Waals surface area contributed by atoms with Gasteiger partial charge in [-0.3, -0.25) is 0 Å². The Labute approximate surface area is 110 Å². The van der Waals surface area contributed by atoms with Crippen LogP contribution in [0.2, 0.25) is 0 Å². The largest absolute Gasteiger partial charge is 0.385 e. The molecule has 2 aliphatic heterocycles. The van der Waals surface area contributed by atoms with Gasteiger partial charge in [0.2, 0.25) is 0 Å². The number of benzene rings is 1. The van der Waals surface area contributed by atoms with Gasteiger partial charge in [0.15, 0.2) is 0 Å². The number of nitrogens with one attached hydrogen (secondary N) is 1. The number of hydrogen-bond donors (Lipinski definition) is 1. The Morgan fingerprint density at radius 1 is 1.22 bits per heavy atom. The molecule has 3 rings (SSSR count). The van der Waals surface area contributed by atoms with E-state index >= 15 is 0 Å². The quantitative estimate of drug-likeness (QED) is 0.811. The molecule has 18 heavy (non-hydrogen) atoms. The summed E-state index contributed by atoms with van der Waals surface area (Å²) >= 11 is 0. The molecule has 0 spiro atoms. The summed E-state index contributed by atoms with van der Waals surface area (Å²) in [4.78, 5) is 2.64. The van der Waals surface area contributed by atoms with E-state index in [0.29, 0.717) is 6.04 Å². The summed E-state index contributed by atoms with van der Waals surface area (Å²) < 4.78 is 0. The molecule has 2 unspecified atom stereocenters. The molecule has 2 atom stereocenters. The fraction of sp³-hybridized carbons (Fsp3) is 0.625. The second kappa shape index (κ2) is 4.83. The number of rotatable bonds is 1. The average Bonchev–Trinajstić information content (AvgIpc) is 2.41. The van der Waals surface area contributed by atoms with Crippen molar-refractivity contribution in [3.05, 3.63) is 23.8 Å². The zero-order chi connectivity index (χ0) is 12.5. The predicted octanol–water partition coefficient (Wildman–Crippen LogP) is 3.67. The normalized spacial score (nSPS) is 27.6. The van der Waals surface area contributed by atoms with Gasteiger partial charge >= 0.3 is 0 Å². The summed E-state index contributed by atoms with van der Waals surface area (Å²) in [5.41, 5.74) is 4.40. The van der Waals surface area contributed by atoms with E-state index < -0.39 is 0 Å². The highest BCUT2D eigenvalue weighted by Gasteiger charge is 2.27. The van der Waals surface area contributed by atoms with Crippen LogP contribution in [0.4, 0.5) is 11.4 Å². The molecule has 2 aliphatic rings. The summed E-state index contributed by atoms with van der Waals surface area (Å²) in [6.45, 7) is 7.13. The Morgan fingerprint density at radius 3 is 3.00 bits per heavy atom. The molecule has 2 heteroatoms.